The molecule has 0 aliphatic rings. The molecule has 0 aliphatic heterocycles. The number of methoxy groups -OCH3 is 3. The third kappa shape index (κ3) is 6.34. The number of halogens is 2. The Morgan fingerprint density at radius 1 is 0.931 bits per heavy atom. The summed E-state index contributed by atoms with van der Waals surface area (Å²) < 4.78 is 42.2. The standard InChI is InChI=1S/C22H27F2NO4/c1-14(5-6-15-7-9-17(23)18(24)11-15)25-21(26)10-8-16-12-19(27-2)22(29-4)20(13-16)28-3/h7,9,11-14H,5-6,8,10H2,1-4H3,(H,25,26). The summed E-state index contributed by atoms with van der Waals surface area (Å²) >= 11 is 0. The van der Waals surface area contributed by atoms with Crippen LogP contribution in [0.3, 0.4) is 0 Å². The zero-order chi connectivity index (χ0) is 21.4. The van der Waals surface area contributed by atoms with Crippen molar-refractivity contribution in [3.05, 3.63) is 53.1 Å². The van der Waals surface area contributed by atoms with Gasteiger partial charge in [0.2, 0.25) is 11.7 Å². The molecule has 1 amide bonds. The minimum atomic E-state index is -0.859. The van der Waals surface area contributed by atoms with Crippen LogP contribution in [0.4, 0.5) is 8.78 Å². The van der Waals surface area contributed by atoms with Crippen molar-refractivity contribution in [1.29, 1.82) is 0 Å². The highest BCUT2D eigenvalue weighted by Gasteiger charge is 2.14. The number of rotatable bonds is 10. The molecule has 1 unspecified atom stereocenters. The van der Waals surface area contributed by atoms with Gasteiger partial charge in [-0.2, -0.15) is 0 Å². The van der Waals surface area contributed by atoms with Crippen molar-refractivity contribution in [3.8, 4) is 17.2 Å². The van der Waals surface area contributed by atoms with E-state index in [4.69, 9.17) is 14.2 Å². The van der Waals surface area contributed by atoms with Crippen molar-refractivity contribution in [2.45, 2.75) is 38.6 Å². The first-order valence-electron chi connectivity index (χ1n) is 9.40. The number of hydrogen-bond acceptors (Lipinski definition) is 4. The summed E-state index contributed by atoms with van der Waals surface area (Å²) in [5.41, 5.74) is 1.59. The van der Waals surface area contributed by atoms with Gasteiger partial charge in [-0.15, -0.1) is 0 Å². The highest BCUT2D eigenvalue weighted by Crippen LogP contribution is 2.38. The maximum absolute atomic E-state index is 13.3. The van der Waals surface area contributed by atoms with Gasteiger partial charge in [0.25, 0.3) is 0 Å². The average molecular weight is 407 g/mol. The molecular formula is C22H27F2NO4. The van der Waals surface area contributed by atoms with E-state index in [2.05, 4.69) is 5.32 Å². The lowest BCUT2D eigenvalue weighted by Crippen LogP contribution is -2.33. The Labute approximate surface area is 170 Å². The van der Waals surface area contributed by atoms with Crippen LogP contribution in [0.15, 0.2) is 30.3 Å². The second kappa shape index (κ2) is 10.6. The van der Waals surface area contributed by atoms with E-state index in [1.807, 2.05) is 19.1 Å². The van der Waals surface area contributed by atoms with Gasteiger partial charge in [0.05, 0.1) is 21.3 Å². The highest BCUT2D eigenvalue weighted by atomic mass is 19.2. The van der Waals surface area contributed by atoms with Crippen molar-refractivity contribution < 1.29 is 27.8 Å². The molecule has 0 saturated carbocycles. The molecule has 2 aromatic carbocycles. The molecule has 1 N–H and O–H groups in total. The van der Waals surface area contributed by atoms with Crippen molar-refractivity contribution in [2.24, 2.45) is 0 Å². The summed E-state index contributed by atoms with van der Waals surface area (Å²) in [6, 6.07) is 7.41. The first-order chi connectivity index (χ1) is 13.9. The van der Waals surface area contributed by atoms with Crippen LogP contribution in [0, 0.1) is 11.6 Å². The van der Waals surface area contributed by atoms with Crippen LogP contribution in [-0.4, -0.2) is 33.3 Å². The predicted octanol–water partition coefficient (Wildman–Crippen LogP) is 4.06. The van der Waals surface area contributed by atoms with Crippen molar-refractivity contribution >= 4 is 5.91 Å². The molecule has 0 aromatic heterocycles. The molecule has 0 heterocycles. The average Bonchev–Trinajstić information content (AvgIpc) is 2.72. The summed E-state index contributed by atoms with van der Waals surface area (Å²) in [6.45, 7) is 1.89. The number of nitrogens with one attached hydrogen (secondary N) is 1. The molecule has 158 valence electrons. The van der Waals surface area contributed by atoms with Crippen molar-refractivity contribution in [3.63, 3.8) is 0 Å². The molecule has 5 nitrogen and oxygen atoms in total. The Kier molecular flexibility index (Phi) is 8.24. The molecule has 0 saturated heterocycles. The third-order valence-electron chi connectivity index (χ3n) is 4.62. The lowest BCUT2D eigenvalue weighted by Gasteiger charge is -2.15. The van der Waals surface area contributed by atoms with E-state index < -0.39 is 11.6 Å². The van der Waals surface area contributed by atoms with E-state index in [0.717, 1.165) is 11.6 Å². The molecule has 0 radical (unpaired) electrons. The van der Waals surface area contributed by atoms with Crippen LogP contribution in [-0.2, 0) is 17.6 Å². The van der Waals surface area contributed by atoms with Crippen LogP contribution in [0.5, 0.6) is 17.2 Å². The Bertz CT molecular complexity index is 817. The summed E-state index contributed by atoms with van der Waals surface area (Å²) in [6.07, 6.45) is 1.99. The number of aryl methyl sites for hydroxylation is 2. The fraction of sp³-hybridized carbons (Fsp3) is 0.409. The lowest BCUT2D eigenvalue weighted by molar-refractivity contribution is -0.121. The van der Waals surface area contributed by atoms with Crippen LogP contribution in [0.1, 0.15) is 30.9 Å². The van der Waals surface area contributed by atoms with Gasteiger partial charge in [-0.3, -0.25) is 4.79 Å². The molecule has 2 rings (SSSR count). The van der Waals surface area contributed by atoms with E-state index in [9.17, 15) is 13.6 Å². The first-order valence-corrected chi connectivity index (χ1v) is 9.40. The van der Waals surface area contributed by atoms with Crippen LogP contribution < -0.4 is 19.5 Å². The number of benzene rings is 2. The molecule has 29 heavy (non-hydrogen) atoms. The topological polar surface area (TPSA) is 56.8 Å². The summed E-state index contributed by atoms with van der Waals surface area (Å²) in [5.74, 6) is -0.207. The molecule has 0 spiro atoms. The predicted molar refractivity (Wildman–Crippen MR) is 107 cm³/mol. The first kappa shape index (κ1) is 22.5. The van der Waals surface area contributed by atoms with Gasteiger partial charge in [0, 0.05) is 12.5 Å². The monoisotopic (exact) mass is 407 g/mol. The number of carbonyl (C=O) groups excluding carboxylic acids is 1. The van der Waals surface area contributed by atoms with Crippen molar-refractivity contribution in [1.82, 2.24) is 5.32 Å². The minimum absolute atomic E-state index is 0.0865. The quantitative estimate of drug-likeness (QED) is 0.645. The van der Waals surface area contributed by atoms with Crippen LogP contribution in [0.2, 0.25) is 0 Å². The van der Waals surface area contributed by atoms with E-state index in [0.29, 0.717) is 48.5 Å². The fourth-order valence-electron chi connectivity index (χ4n) is 3.04. The maximum Gasteiger partial charge on any atom is 0.220 e. The third-order valence-corrected chi connectivity index (χ3v) is 4.62. The summed E-state index contributed by atoms with van der Waals surface area (Å²) in [5, 5.41) is 2.93. The zero-order valence-electron chi connectivity index (χ0n) is 17.2. The normalized spacial score (nSPS) is 11.7. The molecule has 0 bridgehead atoms. The zero-order valence-corrected chi connectivity index (χ0v) is 17.2. The van der Waals surface area contributed by atoms with Crippen molar-refractivity contribution in [2.75, 3.05) is 21.3 Å². The number of amides is 1. The van der Waals surface area contributed by atoms with Gasteiger partial charge in [-0.25, -0.2) is 8.78 Å². The van der Waals surface area contributed by atoms with Gasteiger partial charge in [0.15, 0.2) is 23.1 Å². The Balaban J connectivity index is 1.86. The smallest absolute Gasteiger partial charge is 0.220 e. The van der Waals surface area contributed by atoms with Gasteiger partial charge in [0.1, 0.15) is 0 Å². The van der Waals surface area contributed by atoms with E-state index >= 15 is 0 Å². The van der Waals surface area contributed by atoms with Crippen LogP contribution >= 0.6 is 0 Å². The van der Waals surface area contributed by atoms with Gasteiger partial charge in [-0.1, -0.05) is 6.07 Å². The minimum Gasteiger partial charge on any atom is -0.493 e. The molecule has 2 aromatic rings. The maximum atomic E-state index is 13.3. The lowest BCUT2D eigenvalue weighted by atomic mass is 10.0. The molecule has 1 atom stereocenters. The van der Waals surface area contributed by atoms with E-state index in [1.165, 1.54) is 13.2 Å². The Morgan fingerprint density at radius 2 is 1.59 bits per heavy atom. The molecule has 0 fully saturated rings. The number of ether oxygens (including phenoxy) is 3. The van der Waals surface area contributed by atoms with E-state index in [-0.39, 0.29) is 11.9 Å². The van der Waals surface area contributed by atoms with Gasteiger partial charge < -0.3 is 19.5 Å². The van der Waals surface area contributed by atoms with Gasteiger partial charge in [-0.05, 0) is 61.6 Å². The number of carbonyl (C=O) groups is 1. The largest absolute Gasteiger partial charge is 0.493 e. The second-order valence-electron chi connectivity index (χ2n) is 6.79. The Morgan fingerprint density at radius 3 is 2.14 bits per heavy atom. The van der Waals surface area contributed by atoms with Gasteiger partial charge >= 0.3 is 0 Å². The molecule has 7 heteroatoms. The summed E-state index contributed by atoms with van der Waals surface area (Å²) in [4.78, 5) is 12.3. The molecule has 0 aliphatic carbocycles. The number of hydrogen-bond donors (Lipinski definition) is 1. The fourth-order valence-corrected chi connectivity index (χ4v) is 3.04. The Hall–Kier alpha value is -2.83. The van der Waals surface area contributed by atoms with Crippen LogP contribution in [0.25, 0.3) is 0 Å². The SMILES string of the molecule is COc1cc(CCC(=O)NC(C)CCc2ccc(F)c(F)c2)cc(OC)c1OC. The highest BCUT2D eigenvalue weighted by molar-refractivity contribution is 5.76. The summed E-state index contributed by atoms with van der Waals surface area (Å²) in [7, 11) is 4.63. The van der Waals surface area contributed by atoms with E-state index in [1.54, 1.807) is 20.3 Å². The second-order valence-corrected chi connectivity index (χ2v) is 6.79. The molecular weight excluding hydrogens is 380 g/mol.